The second-order valence-corrected chi connectivity index (χ2v) is 8.72. The van der Waals surface area contributed by atoms with Crippen LogP contribution in [0.2, 0.25) is 20.1 Å². The van der Waals surface area contributed by atoms with Crippen LogP contribution in [0.15, 0.2) is 30.3 Å². The molecule has 0 saturated heterocycles. The molecule has 0 saturated carbocycles. The van der Waals surface area contributed by atoms with Crippen molar-refractivity contribution in [3.05, 3.63) is 72.9 Å². The molecule has 0 aliphatic heterocycles. The second-order valence-electron chi connectivity index (χ2n) is 7.12. The van der Waals surface area contributed by atoms with E-state index in [0.717, 1.165) is 0 Å². The maximum atomic E-state index is 14.8. The average Bonchev–Trinajstić information content (AvgIpc) is 2.76. The highest BCUT2D eigenvalue weighted by molar-refractivity contribution is 6.37. The van der Waals surface area contributed by atoms with Gasteiger partial charge in [-0.25, -0.2) is 0 Å². The highest BCUT2D eigenvalue weighted by atomic mass is 35.5. The molecule has 3 aromatic rings. The molecule has 3 nitrogen and oxygen atoms in total. The highest BCUT2D eigenvalue weighted by Gasteiger charge is 2.44. The maximum absolute atomic E-state index is 14.8. The Labute approximate surface area is 225 Å². The molecule has 206 valence electrons. The summed E-state index contributed by atoms with van der Waals surface area (Å²) in [5.41, 5.74) is -4.90. The van der Waals surface area contributed by atoms with E-state index in [2.05, 4.69) is 0 Å². The van der Waals surface area contributed by atoms with E-state index in [1.54, 1.807) is 0 Å². The average molecular weight is 638 g/mol. The zero-order chi connectivity index (χ0) is 29.0. The van der Waals surface area contributed by atoms with Crippen molar-refractivity contribution in [2.75, 3.05) is 0 Å². The summed E-state index contributed by atoms with van der Waals surface area (Å²) in [7, 11) is 0. The van der Waals surface area contributed by atoms with Crippen LogP contribution < -0.4 is 9.47 Å². The zero-order valence-corrected chi connectivity index (χ0v) is 20.5. The Kier molecular flexibility index (Phi) is 8.11. The number of ether oxygens (including phenoxy) is 2. The molecule has 0 aromatic heterocycles. The molecule has 0 aliphatic carbocycles. The van der Waals surface area contributed by atoms with E-state index >= 15 is 0 Å². The van der Waals surface area contributed by atoms with Gasteiger partial charge in [-0.1, -0.05) is 46.4 Å². The lowest BCUT2D eigenvalue weighted by Gasteiger charge is -2.22. The van der Waals surface area contributed by atoms with Gasteiger partial charge in [-0.05, 0) is 30.3 Å². The van der Waals surface area contributed by atoms with Gasteiger partial charge in [-0.2, -0.15) is 43.9 Å². The van der Waals surface area contributed by atoms with Crippen molar-refractivity contribution in [1.29, 1.82) is 0 Å². The van der Waals surface area contributed by atoms with Gasteiger partial charge in [0.25, 0.3) is 0 Å². The summed E-state index contributed by atoms with van der Waals surface area (Å²) in [5.74, 6) is -9.20. The Hall–Kier alpha value is -2.48. The predicted octanol–water partition coefficient (Wildman–Crippen LogP) is 10.8. The fraction of sp³-hybridized carbons (Fsp3) is 0.143. The molecule has 0 bridgehead atoms. The van der Waals surface area contributed by atoms with Crippen molar-refractivity contribution in [2.24, 2.45) is 0 Å². The number of phenolic OH excluding ortho intramolecular Hbond substituents is 1. The Morgan fingerprint density at radius 1 is 0.605 bits per heavy atom. The first-order valence-electron chi connectivity index (χ1n) is 9.33. The minimum Gasteiger partial charge on any atom is -0.504 e. The van der Waals surface area contributed by atoms with E-state index in [0.29, 0.717) is 12.1 Å². The largest absolute Gasteiger partial charge is 0.504 e. The summed E-state index contributed by atoms with van der Waals surface area (Å²) < 4.78 is 144. The number of hydrogen-bond donors (Lipinski definition) is 1. The van der Waals surface area contributed by atoms with E-state index < -0.39 is 89.9 Å². The first-order valence-corrected chi connectivity index (χ1v) is 10.8. The number of benzene rings is 3. The lowest BCUT2D eigenvalue weighted by molar-refractivity contribution is -0.140. The standard InChI is InChI=1S/C21H6Cl4F10O3/c22-8-3-6(19(27,28)29)1-2-11(8)37-18-12(21(33,34)35)17(13(25)15(36)14(18)26)38-16-9(23)4-7(5-10(16)24)20(30,31)32/h1-5,36H. The highest BCUT2D eigenvalue weighted by Crippen LogP contribution is 2.55. The molecule has 3 aromatic carbocycles. The third-order valence-corrected chi connectivity index (χ3v) is 5.76. The third-order valence-electron chi connectivity index (χ3n) is 4.55. The molecule has 1 N–H and O–H groups in total. The van der Waals surface area contributed by atoms with Crippen LogP contribution in [0.1, 0.15) is 16.7 Å². The van der Waals surface area contributed by atoms with Crippen molar-refractivity contribution in [3.8, 4) is 28.7 Å². The summed E-state index contributed by atoms with van der Waals surface area (Å²) in [4.78, 5) is 0. The molecule has 0 heterocycles. The third kappa shape index (κ3) is 6.05. The van der Waals surface area contributed by atoms with Gasteiger partial charge in [-0.15, -0.1) is 0 Å². The van der Waals surface area contributed by atoms with Crippen LogP contribution in [-0.2, 0) is 18.5 Å². The molecule has 17 heteroatoms. The normalized spacial score (nSPS) is 12.6. The van der Waals surface area contributed by atoms with Crippen molar-refractivity contribution in [2.45, 2.75) is 18.5 Å². The van der Waals surface area contributed by atoms with Gasteiger partial charge in [0.2, 0.25) is 5.82 Å². The number of phenols is 1. The summed E-state index contributed by atoms with van der Waals surface area (Å²) in [6.45, 7) is 0. The van der Waals surface area contributed by atoms with Crippen LogP contribution in [0, 0.1) is 5.82 Å². The molecule has 0 unspecified atom stereocenters. The van der Waals surface area contributed by atoms with Gasteiger partial charge in [0.15, 0.2) is 23.0 Å². The van der Waals surface area contributed by atoms with Gasteiger partial charge in [0.1, 0.15) is 16.3 Å². The molecular weight excluding hydrogens is 632 g/mol. The van der Waals surface area contributed by atoms with E-state index in [9.17, 15) is 49.0 Å². The molecule has 3 rings (SSSR count). The first kappa shape index (κ1) is 30.1. The van der Waals surface area contributed by atoms with Crippen molar-refractivity contribution in [1.82, 2.24) is 0 Å². The number of alkyl halides is 9. The van der Waals surface area contributed by atoms with Crippen molar-refractivity contribution < 1.29 is 58.5 Å². The van der Waals surface area contributed by atoms with Crippen LogP contribution in [0.3, 0.4) is 0 Å². The van der Waals surface area contributed by atoms with E-state index in [-0.39, 0.29) is 18.2 Å². The molecule has 0 atom stereocenters. The predicted molar refractivity (Wildman–Crippen MR) is 116 cm³/mol. The minimum atomic E-state index is -5.62. The smallest absolute Gasteiger partial charge is 0.423 e. The quantitative estimate of drug-likeness (QED) is 0.289. The molecular formula is C21H6Cl4F10O3. The topological polar surface area (TPSA) is 38.7 Å². The summed E-state index contributed by atoms with van der Waals surface area (Å²) in [6.07, 6.45) is -15.5. The fourth-order valence-corrected chi connectivity index (χ4v) is 3.88. The van der Waals surface area contributed by atoms with Crippen molar-refractivity contribution >= 4 is 46.4 Å². The SMILES string of the molecule is Oc1c(F)c(Oc2ccc(C(F)(F)F)cc2Cl)c(C(F)(F)F)c(Oc2c(Cl)cc(C(F)(F)F)cc2Cl)c1Cl. The fourth-order valence-electron chi connectivity index (χ4n) is 2.88. The Balaban J connectivity index is 2.24. The second kappa shape index (κ2) is 10.2. The van der Waals surface area contributed by atoms with Gasteiger partial charge in [0.05, 0.1) is 26.2 Å². The van der Waals surface area contributed by atoms with Crippen LogP contribution in [0.25, 0.3) is 0 Å². The van der Waals surface area contributed by atoms with Gasteiger partial charge < -0.3 is 14.6 Å². The van der Waals surface area contributed by atoms with E-state index in [1.807, 2.05) is 0 Å². The van der Waals surface area contributed by atoms with E-state index in [4.69, 9.17) is 55.9 Å². The number of aromatic hydroxyl groups is 1. The van der Waals surface area contributed by atoms with Gasteiger partial charge in [0, 0.05) is 0 Å². The molecule has 0 radical (unpaired) electrons. The van der Waals surface area contributed by atoms with E-state index in [1.165, 1.54) is 0 Å². The molecule has 0 aliphatic rings. The van der Waals surface area contributed by atoms with Crippen LogP contribution in [0.4, 0.5) is 43.9 Å². The van der Waals surface area contributed by atoms with Crippen molar-refractivity contribution in [3.63, 3.8) is 0 Å². The molecule has 0 fully saturated rings. The number of halogens is 14. The number of rotatable bonds is 4. The Bertz CT molecular complexity index is 1380. The lowest BCUT2D eigenvalue weighted by atomic mass is 10.1. The van der Waals surface area contributed by atoms with Crippen LogP contribution in [0.5, 0.6) is 28.7 Å². The first-order chi connectivity index (χ1) is 17.2. The summed E-state index contributed by atoms with van der Waals surface area (Å²) >= 11 is 22.7. The number of hydrogen-bond acceptors (Lipinski definition) is 3. The van der Waals surface area contributed by atoms with Crippen LogP contribution in [-0.4, -0.2) is 5.11 Å². The summed E-state index contributed by atoms with van der Waals surface area (Å²) in [6, 6.07) is 1.62. The molecule has 38 heavy (non-hydrogen) atoms. The maximum Gasteiger partial charge on any atom is 0.423 e. The monoisotopic (exact) mass is 636 g/mol. The van der Waals surface area contributed by atoms with Gasteiger partial charge in [-0.3, -0.25) is 0 Å². The minimum absolute atomic E-state index is 0.257. The molecule has 0 spiro atoms. The molecule has 0 amide bonds. The van der Waals surface area contributed by atoms with Gasteiger partial charge >= 0.3 is 18.5 Å². The Morgan fingerprint density at radius 3 is 1.55 bits per heavy atom. The Morgan fingerprint density at radius 2 is 1.11 bits per heavy atom. The zero-order valence-electron chi connectivity index (χ0n) is 17.4. The summed E-state index contributed by atoms with van der Waals surface area (Å²) in [5, 5.41) is 5.76. The van der Waals surface area contributed by atoms with Crippen LogP contribution >= 0.6 is 46.4 Å². The lowest BCUT2D eigenvalue weighted by Crippen LogP contribution is -2.12.